The molecule has 0 aromatic carbocycles. The zero-order valence-corrected chi connectivity index (χ0v) is 11.8. The van der Waals surface area contributed by atoms with Gasteiger partial charge >= 0.3 is 0 Å². The molecule has 0 aliphatic heterocycles. The van der Waals surface area contributed by atoms with Crippen LogP contribution in [0.1, 0.15) is 32.1 Å². The van der Waals surface area contributed by atoms with E-state index < -0.39 is 15.9 Å². The predicted molar refractivity (Wildman–Crippen MR) is 70.1 cm³/mol. The van der Waals surface area contributed by atoms with Crippen molar-refractivity contribution in [3.05, 3.63) is 24.2 Å². The highest BCUT2D eigenvalue weighted by molar-refractivity contribution is 7.90. The lowest BCUT2D eigenvalue weighted by Gasteiger charge is -2.21. The van der Waals surface area contributed by atoms with Gasteiger partial charge in [0.05, 0.1) is 12.0 Å². The summed E-state index contributed by atoms with van der Waals surface area (Å²) in [6.07, 6.45) is 2.53. The van der Waals surface area contributed by atoms with Crippen LogP contribution in [-0.4, -0.2) is 37.6 Å². The van der Waals surface area contributed by atoms with E-state index in [1.807, 2.05) is 13.8 Å². The molecule has 0 radical (unpaired) electrons. The van der Waals surface area contributed by atoms with E-state index >= 15 is 0 Å². The van der Waals surface area contributed by atoms with Crippen molar-refractivity contribution in [2.75, 3.05) is 12.0 Å². The van der Waals surface area contributed by atoms with Crippen molar-refractivity contribution >= 4 is 9.84 Å². The molecule has 3 unspecified atom stereocenters. The van der Waals surface area contributed by atoms with E-state index in [0.29, 0.717) is 12.2 Å². The van der Waals surface area contributed by atoms with Crippen LogP contribution in [0.15, 0.2) is 22.8 Å². The highest BCUT2D eigenvalue weighted by atomic mass is 32.2. The summed E-state index contributed by atoms with van der Waals surface area (Å²) >= 11 is 0. The van der Waals surface area contributed by atoms with E-state index in [1.54, 1.807) is 12.1 Å². The number of hydrogen-bond donors (Lipinski definition) is 2. The largest absolute Gasteiger partial charge is 0.467 e. The maximum atomic E-state index is 11.1. The zero-order valence-electron chi connectivity index (χ0n) is 11.0. The Kier molecular flexibility index (Phi) is 5.37. The molecule has 1 rings (SSSR count). The van der Waals surface area contributed by atoms with Gasteiger partial charge in [-0.3, -0.25) is 0 Å². The van der Waals surface area contributed by atoms with Crippen LogP contribution < -0.4 is 5.32 Å². The summed E-state index contributed by atoms with van der Waals surface area (Å²) in [7, 11) is -2.98. The fourth-order valence-electron chi connectivity index (χ4n) is 1.99. The Morgan fingerprint density at radius 2 is 2.06 bits per heavy atom. The van der Waals surface area contributed by atoms with Gasteiger partial charge < -0.3 is 14.8 Å². The molecule has 0 amide bonds. The van der Waals surface area contributed by atoms with Crippen molar-refractivity contribution in [1.29, 1.82) is 0 Å². The van der Waals surface area contributed by atoms with Crippen molar-refractivity contribution in [3.63, 3.8) is 0 Å². The number of aliphatic hydroxyl groups excluding tert-OH is 1. The van der Waals surface area contributed by atoms with Gasteiger partial charge in [0.25, 0.3) is 0 Å². The minimum atomic E-state index is -2.98. The Morgan fingerprint density at radius 1 is 1.39 bits per heavy atom. The average Bonchev–Trinajstić information content (AvgIpc) is 2.65. The summed E-state index contributed by atoms with van der Waals surface area (Å²) in [5, 5.41) is 13.0. The van der Waals surface area contributed by atoms with Gasteiger partial charge in [0.1, 0.15) is 21.7 Å². The summed E-state index contributed by atoms with van der Waals surface area (Å²) in [6.45, 7) is 3.72. The second-order valence-electron chi connectivity index (χ2n) is 4.83. The van der Waals surface area contributed by atoms with Crippen LogP contribution >= 0.6 is 0 Å². The Labute approximate surface area is 108 Å². The quantitative estimate of drug-likeness (QED) is 0.779. The molecule has 5 nitrogen and oxygen atoms in total. The first kappa shape index (κ1) is 15.2. The van der Waals surface area contributed by atoms with Crippen molar-refractivity contribution in [2.24, 2.45) is 0 Å². The first-order chi connectivity index (χ1) is 8.28. The molecule has 2 N–H and O–H groups in total. The van der Waals surface area contributed by atoms with Gasteiger partial charge in [-0.15, -0.1) is 0 Å². The van der Waals surface area contributed by atoms with E-state index in [2.05, 4.69) is 5.32 Å². The van der Waals surface area contributed by atoms with Gasteiger partial charge in [0.15, 0.2) is 0 Å². The number of furan rings is 1. The Hall–Kier alpha value is -0.850. The van der Waals surface area contributed by atoms with Crippen LogP contribution in [-0.2, 0) is 9.84 Å². The molecule has 3 atom stereocenters. The molecule has 1 aromatic heterocycles. The number of sulfone groups is 1. The van der Waals surface area contributed by atoms with E-state index in [1.165, 1.54) is 12.5 Å². The molecule has 6 heteroatoms. The van der Waals surface area contributed by atoms with Gasteiger partial charge in [0.2, 0.25) is 0 Å². The molecular formula is C12H21NO4S. The maximum absolute atomic E-state index is 11.1. The molecule has 0 aliphatic carbocycles. The van der Waals surface area contributed by atoms with Crippen molar-refractivity contribution in [2.45, 2.75) is 38.5 Å². The monoisotopic (exact) mass is 275 g/mol. The molecule has 0 fully saturated rings. The first-order valence-corrected chi connectivity index (χ1v) is 7.99. The molecule has 18 heavy (non-hydrogen) atoms. The minimum Gasteiger partial charge on any atom is -0.467 e. The molecule has 0 bridgehead atoms. The van der Waals surface area contributed by atoms with Crippen molar-refractivity contribution in [3.8, 4) is 0 Å². The first-order valence-electron chi connectivity index (χ1n) is 5.93. The van der Waals surface area contributed by atoms with Crippen molar-refractivity contribution < 1.29 is 17.9 Å². The third kappa shape index (κ3) is 5.66. The lowest BCUT2D eigenvalue weighted by Crippen LogP contribution is -2.39. The van der Waals surface area contributed by atoms with Gasteiger partial charge in [-0.2, -0.15) is 0 Å². The number of aliphatic hydroxyl groups is 1. The van der Waals surface area contributed by atoms with E-state index in [-0.39, 0.29) is 17.8 Å². The van der Waals surface area contributed by atoms with Crippen LogP contribution in [0.3, 0.4) is 0 Å². The smallest absolute Gasteiger partial charge is 0.148 e. The van der Waals surface area contributed by atoms with Gasteiger partial charge in [-0.05, 0) is 32.4 Å². The molecular weight excluding hydrogens is 254 g/mol. The standard InChI is InChI=1S/C12H21NO4S/c1-9(13-10(2)8-18(3,15)16)7-11(14)12-5-4-6-17-12/h4-6,9-11,13-14H,7-8H2,1-3H3. The fourth-order valence-corrected chi connectivity index (χ4v) is 2.99. The highest BCUT2D eigenvalue weighted by Gasteiger charge is 2.17. The molecule has 1 heterocycles. The number of hydrogen-bond acceptors (Lipinski definition) is 5. The van der Waals surface area contributed by atoms with Gasteiger partial charge in [0, 0.05) is 18.3 Å². The topological polar surface area (TPSA) is 79.5 Å². The molecule has 0 saturated carbocycles. The Balaban J connectivity index is 2.39. The van der Waals surface area contributed by atoms with Gasteiger partial charge in [-0.25, -0.2) is 8.42 Å². The van der Waals surface area contributed by atoms with Crippen LogP contribution in [0.2, 0.25) is 0 Å². The average molecular weight is 275 g/mol. The second-order valence-corrected chi connectivity index (χ2v) is 7.01. The fraction of sp³-hybridized carbons (Fsp3) is 0.667. The predicted octanol–water partition coefficient (Wildman–Crippen LogP) is 1.11. The van der Waals surface area contributed by atoms with E-state index in [4.69, 9.17) is 4.42 Å². The van der Waals surface area contributed by atoms with Crippen LogP contribution in [0.25, 0.3) is 0 Å². The lowest BCUT2D eigenvalue weighted by molar-refractivity contribution is 0.127. The van der Waals surface area contributed by atoms with Crippen LogP contribution in [0, 0.1) is 0 Å². The zero-order chi connectivity index (χ0) is 13.8. The van der Waals surface area contributed by atoms with Crippen molar-refractivity contribution in [1.82, 2.24) is 5.32 Å². The molecule has 0 spiro atoms. The summed E-state index contributed by atoms with van der Waals surface area (Å²) in [5.41, 5.74) is 0. The summed E-state index contributed by atoms with van der Waals surface area (Å²) in [6, 6.07) is 3.31. The van der Waals surface area contributed by atoms with Crippen LogP contribution in [0.4, 0.5) is 0 Å². The second kappa shape index (κ2) is 6.36. The third-order valence-corrected chi connectivity index (χ3v) is 3.68. The number of nitrogens with one attached hydrogen (secondary N) is 1. The lowest BCUT2D eigenvalue weighted by atomic mass is 10.1. The van der Waals surface area contributed by atoms with E-state index in [9.17, 15) is 13.5 Å². The third-order valence-electron chi connectivity index (χ3n) is 2.57. The number of rotatable bonds is 7. The highest BCUT2D eigenvalue weighted by Crippen LogP contribution is 2.18. The summed E-state index contributed by atoms with van der Waals surface area (Å²) in [4.78, 5) is 0. The van der Waals surface area contributed by atoms with E-state index in [0.717, 1.165) is 0 Å². The minimum absolute atomic E-state index is 0.00171. The normalized spacial score (nSPS) is 17.3. The Bertz CT molecular complexity index is 441. The molecule has 1 aromatic rings. The summed E-state index contributed by atoms with van der Waals surface area (Å²) < 4.78 is 27.4. The SMILES string of the molecule is CC(CC(O)c1ccco1)NC(C)CS(C)(=O)=O. The Morgan fingerprint density at radius 3 is 2.56 bits per heavy atom. The summed E-state index contributed by atoms with van der Waals surface area (Å²) in [5.74, 6) is 0.619. The molecule has 0 aliphatic rings. The van der Waals surface area contributed by atoms with Crippen LogP contribution in [0.5, 0.6) is 0 Å². The molecule has 0 saturated heterocycles. The van der Waals surface area contributed by atoms with Gasteiger partial charge in [-0.1, -0.05) is 0 Å². The maximum Gasteiger partial charge on any atom is 0.148 e. The molecule has 104 valence electrons.